The van der Waals surface area contributed by atoms with Gasteiger partial charge in [0.1, 0.15) is 11.5 Å². The van der Waals surface area contributed by atoms with Crippen LogP contribution in [-0.4, -0.2) is 34.8 Å². The molecule has 0 aliphatic carbocycles. The summed E-state index contributed by atoms with van der Waals surface area (Å²) in [5.41, 5.74) is 1.80. The van der Waals surface area contributed by atoms with E-state index in [4.69, 9.17) is 4.74 Å². The Kier molecular flexibility index (Phi) is 5.52. The topological polar surface area (TPSA) is 71.5 Å². The number of carbonyl (C=O) groups is 2. The van der Waals surface area contributed by atoms with Crippen molar-refractivity contribution in [3.63, 3.8) is 0 Å². The Morgan fingerprint density at radius 3 is 2.21 bits per heavy atom. The summed E-state index contributed by atoms with van der Waals surface area (Å²) >= 11 is 0. The van der Waals surface area contributed by atoms with Gasteiger partial charge in [-0.3, -0.25) is 14.6 Å². The lowest BCUT2D eigenvalue weighted by molar-refractivity contribution is 0.0792. The second-order valence-corrected chi connectivity index (χ2v) is 6.85. The first-order chi connectivity index (χ1) is 14.2. The first-order valence-corrected chi connectivity index (χ1v) is 9.58. The molecule has 0 radical (unpaired) electrons. The van der Waals surface area contributed by atoms with Gasteiger partial charge in [0.15, 0.2) is 0 Å². The van der Waals surface area contributed by atoms with Crippen molar-refractivity contribution in [3.8, 4) is 11.5 Å². The fourth-order valence-corrected chi connectivity index (χ4v) is 3.22. The number of ether oxygens (including phenoxy) is 1. The molecule has 0 unspecified atom stereocenters. The minimum atomic E-state index is -0.225. The van der Waals surface area contributed by atoms with Gasteiger partial charge in [0.25, 0.3) is 11.8 Å². The van der Waals surface area contributed by atoms with Crippen molar-refractivity contribution in [2.24, 2.45) is 0 Å². The number of hydrogen-bond donors (Lipinski definition) is 1. The fourth-order valence-electron chi connectivity index (χ4n) is 3.22. The molecule has 1 N–H and O–H groups in total. The van der Waals surface area contributed by atoms with E-state index >= 15 is 0 Å². The van der Waals surface area contributed by atoms with Crippen LogP contribution in [0.3, 0.4) is 0 Å². The Hall–Kier alpha value is -3.67. The molecule has 6 nitrogen and oxygen atoms in total. The number of likely N-dealkylation sites (tertiary alicyclic amines) is 1. The largest absolute Gasteiger partial charge is 0.456 e. The molecule has 1 saturated heterocycles. The molecule has 1 aliphatic rings. The van der Waals surface area contributed by atoms with E-state index in [0.29, 0.717) is 28.3 Å². The van der Waals surface area contributed by atoms with E-state index in [2.05, 4.69) is 10.3 Å². The minimum absolute atomic E-state index is 0.0459. The average molecular weight is 387 g/mol. The highest BCUT2D eigenvalue weighted by Gasteiger charge is 2.19. The predicted molar refractivity (Wildman–Crippen MR) is 110 cm³/mol. The number of hydrogen-bond acceptors (Lipinski definition) is 4. The summed E-state index contributed by atoms with van der Waals surface area (Å²) in [5, 5.41) is 2.85. The lowest BCUT2D eigenvalue weighted by Gasteiger charge is -2.15. The van der Waals surface area contributed by atoms with Gasteiger partial charge >= 0.3 is 0 Å². The van der Waals surface area contributed by atoms with Crippen molar-refractivity contribution in [3.05, 3.63) is 84.2 Å². The van der Waals surface area contributed by atoms with Crippen molar-refractivity contribution < 1.29 is 14.3 Å². The monoisotopic (exact) mass is 387 g/mol. The molecule has 146 valence electrons. The molecule has 0 spiro atoms. The molecule has 0 saturated carbocycles. The molecule has 2 heterocycles. The Balaban J connectivity index is 1.36. The van der Waals surface area contributed by atoms with Gasteiger partial charge in [-0.25, -0.2) is 0 Å². The van der Waals surface area contributed by atoms with Crippen LogP contribution in [0, 0.1) is 0 Å². The first-order valence-electron chi connectivity index (χ1n) is 9.58. The molecule has 4 rings (SSSR count). The van der Waals surface area contributed by atoms with Gasteiger partial charge in [0, 0.05) is 36.1 Å². The summed E-state index contributed by atoms with van der Waals surface area (Å²) in [6.45, 7) is 1.63. The highest BCUT2D eigenvalue weighted by atomic mass is 16.5. The van der Waals surface area contributed by atoms with E-state index in [-0.39, 0.29) is 11.8 Å². The fraction of sp³-hybridized carbons (Fsp3) is 0.174. The van der Waals surface area contributed by atoms with Gasteiger partial charge < -0.3 is 15.0 Å². The second-order valence-electron chi connectivity index (χ2n) is 6.85. The van der Waals surface area contributed by atoms with Crippen molar-refractivity contribution in [1.82, 2.24) is 9.88 Å². The third-order valence-corrected chi connectivity index (χ3v) is 4.77. The molecule has 1 aromatic heterocycles. The Bertz CT molecular complexity index is 980. The Morgan fingerprint density at radius 1 is 0.862 bits per heavy atom. The standard InChI is InChI=1S/C23H21N3O3/c27-22(17-7-11-20(12-8-17)29-21-4-3-13-24-16-21)25-19-9-5-18(6-10-19)23(28)26-14-1-2-15-26/h3-13,16H,1-2,14-15H2,(H,25,27). The predicted octanol–water partition coefficient (Wildman–Crippen LogP) is 4.36. The number of carbonyl (C=O) groups excluding carboxylic acids is 2. The van der Waals surface area contributed by atoms with Crippen LogP contribution < -0.4 is 10.1 Å². The van der Waals surface area contributed by atoms with Crippen molar-refractivity contribution >= 4 is 17.5 Å². The van der Waals surface area contributed by atoms with E-state index < -0.39 is 0 Å². The average Bonchev–Trinajstić information content (AvgIpc) is 3.30. The maximum Gasteiger partial charge on any atom is 0.255 e. The number of pyridine rings is 1. The van der Waals surface area contributed by atoms with Crippen molar-refractivity contribution in [2.75, 3.05) is 18.4 Å². The quantitative estimate of drug-likeness (QED) is 0.706. The van der Waals surface area contributed by atoms with Gasteiger partial charge in [-0.1, -0.05) is 0 Å². The van der Waals surface area contributed by atoms with Crippen LogP contribution in [0.1, 0.15) is 33.6 Å². The molecule has 1 fully saturated rings. The molecular weight excluding hydrogens is 366 g/mol. The zero-order valence-corrected chi connectivity index (χ0v) is 15.9. The lowest BCUT2D eigenvalue weighted by atomic mass is 10.1. The van der Waals surface area contributed by atoms with Gasteiger partial charge in [0.2, 0.25) is 0 Å². The first kappa shape index (κ1) is 18.7. The maximum atomic E-state index is 12.5. The Morgan fingerprint density at radius 2 is 1.55 bits per heavy atom. The summed E-state index contributed by atoms with van der Waals surface area (Å²) in [6.07, 6.45) is 5.42. The summed E-state index contributed by atoms with van der Waals surface area (Å²) in [4.78, 5) is 30.7. The van der Waals surface area contributed by atoms with Crippen LogP contribution in [0.5, 0.6) is 11.5 Å². The highest BCUT2D eigenvalue weighted by molar-refractivity contribution is 6.04. The molecule has 2 aromatic carbocycles. The third-order valence-electron chi connectivity index (χ3n) is 4.77. The van der Waals surface area contributed by atoms with E-state index in [0.717, 1.165) is 25.9 Å². The van der Waals surface area contributed by atoms with Crippen molar-refractivity contribution in [1.29, 1.82) is 0 Å². The zero-order chi connectivity index (χ0) is 20.1. The van der Waals surface area contributed by atoms with Crippen LogP contribution in [-0.2, 0) is 0 Å². The van der Waals surface area contributed by atoms with E-state index in [1.54, 1.807) is 67.0 Å². The molecular formula is C23H21N3O3. The summed E-state index contributed by atoms with van der Waals surface area (Å²) in [7, 11) is 0. The molecule has 6 heteroatoms. The number of nitrogens with zero attached hydrogens (tertiary/aromatic N) is 2. The SMILES string of the molecule is O=C(Nc1ccc(C(=O)N2CCCC2)cc1)c1ccc(Oc2cccnc2)cc1. The summed E-state index contributed by atoms with van der Waals surface area (Å²) < 4.78 is 5.68. The van der Waals surface area contributed by atoms with Gasteiger partial charge in [-0.05, 0) is 73.5 Å². The molecule has 0 atom stereocenters. The second kappa shape index (κ2) is 8.56. The van der Waals surface area contributed by atoms with E-state index in [9.17, 15) is 9.59 Å². The smallest absolute Gasteiger partial charge is 0.255 e. The number of rotatable bonds is 5. The molecule has 29 heavy (non-hydrogen) atoms. The Labute approximate surface area is 169 Å². The normalized spacial score (nSPS) is 13.2. The van der Waals surface area contributed by atoms with Crippen molar-refractivity contribution in [2.45, 2.75) is 12.8 Å². The van der Waals surface area contributed by atoms with Gasteiger partial charge in [0.05, 0.1) is 6.20 Å². The van der Waals surface area contributed by atoms with Gasteiger partial charge in [-0.2, -0.15) is 0 Å². The lowest BCUT2D eigenvalue weighted by Crippen LogP contribution is -2.27. The number of amides is 2. The third kappa shape index (κ3) is 4.60. The zero-order valence-electron chi connectivity index (χ0n) is 15.9. The van der Waals surface area contributed by atoms with E-state index in [1.165, 1.54) is 0 Å². The maximum absolute atomic E-state index is 12.5. The number of aromatic nitrogens is 1. The number of benzene rings is 2. The number of nitrogens with one attached hydrogen (secondary N) is 1. The molecule has 2 amide bonds. The number of anilines is 1. The molecule has 0 bridgehead atoms. The minimum Gasteiger partial charge on any atom is -0.456 e. The van der Waals surface area contributed by atoms with Crippen LogP contribution in [0.2, 0.25) is 0 Å². The van der Waals surface area contributed by atoms with Crippen LogP contribution in [0.15, 0.2) is 73.1 Å². The highest BCUT2D eigenvalue weighted by Crippen LogP contribution is 2.21. The summed E-state index contributed by atoms with van der Waals surface area (Å²) in [6, 6.07) is 17.5. The molecule has 1 aliphatic heterocycles. The van der Waals surface area contributed by atoms with Crippen LogP contribution >= 0.6 is 0 Å². The van der Waals surface area contributed by atoms with Gasteiger partial charge in [-0.15, -0.1) is 0 Å². The van der Waals surface area contributed by atoms with Crippen LogP contribution in [0.4, 0.5) is 5.69 Å². The molecule has 3 aromatic rings. The van der Waals surface area contributed by atoms with Crippen LogP contribution in [0.25, 0.3) is 0 Å². The summed E-state index contributed by atoms with van der Waals surface area (Å²) in [5.74, 6) is 1.08. The van der Waals surface area contributed by atoms with E-state index in [1.807, 2.05) is 11.0 Å².